The predicted octanol–water partition coefficient (Wildman–Crippen LogP) is 2.11. The third-order valence-electron chi connectivity index (χ3n) is 3.81. The maximum absolute atomic E-state index is 12.7. The van der Waals surface area contributed by atoms with Crippen LogP contribution in [0.15, 0.2) is 52.1 Å². The number of sulfonamides is 1. The second-order valence-corrected chi connectivity index (χ2v) is 8.23. The van der Waals surface area contributed by atoms with Crippen LogP contribution in [0.2, 0.25) is 0 Å². The zero-order valence-corrected chi connectivity index (χ0v) is 13.1. The SMILES string of the molecule is O=S(=O)(c1cccs1)N1CC[C@@H](O)[C@H]1Cc1ccccc1. The Morgan fingerprint density at radius 2 is 1.95 bits per heavy atom. The maximum atomic E-state index is 12.7. The molecular formula is C15H17NO3S2. The Morgan fingerprint density at radius 3 is 2.62 bits per heavy atom. The molecule has 2 atom stereocenters. The highest BCUT2D eigenvalue weighted by molar-refractivity contribution is 7.91. The summed E-state index contributed by atoms with van der Waals surface area (Å²) in [5.74, 6) is 0. The van der Waals surface area contributed by atoms with Crippen LogP contribution < -0.4 is 0 Å². The third-order valence-corrected chi connectivity index (χ3v) is 7.10. The van der Waals surface area contributed by atoms with E-state index in [-0.39, 0.29) is 6.04 Å². The standard InChI is InChI=1S/C15H17NO3S2/c17-14-8-9-16(21(18,19)15-7-4-10-20-15)13(14)11-12-5-2-1-3-6-12/h1-7,10,13-14,17H,8-9,11H2/t13-,14-/m1/s1. The summed E-state index contributed by atoms with van der Waals surface area (Å²) in [5.41, 5.74) is 1.04. The average Bonchev–Trinajstić information content (AvgIpc) is 3.12. The zero-order valence-electron chi connectivity index (χ0n) is 11.4. The Kier molecular flexibility index (Phi) is 4.12. The number of rotatable bonds is 4. The summed E-state index contributed by atoms with van der Waals surface area (Å²) >= 11 is 1.22. The quantitative estimate of drug-likeness (QED) is 0.937. The zero-order chi connectivity index (χ0) is 14.9. The van der Waals surface area contributed by atoms with Gasteiger partial charge < -0.3 is 5.11 Å². The van der Waals surface area contributed by atoms with E-state index in [1.54, 1.807) is 17.5 Å². The summed E-state index contributed by atoms with van der Waals surface area (Å²) in [7, 11) is -3.51. The van der Waals surface area contributed by atoms with Gasteiger partial charge in [0.15, 0.2) is 0 Å². The van der Waals surface area contributed by atoms with E-state index in [2.05, 4.69) is 0 Å². The topological polar surface area (TPSA) is 57.6 Å². The lowest BCUT2D eigenvalue weighted by molar-refractivity contribution is 0.142. The molecule has 1 saturated heterocycles. The highest BCUT2D eigenvalue weighted by Crippen LogP contribution is 2.30. The van der Waals surface area contributed by atoms with Crippen molar-refractivity contribution in [1.29, 1.82) is 0 Å². The van der Waals surface area contributed by atoms with Gasteiger partial charge in [-0.05, 0) is 29.9 Å². The van der Waals surface area contributed by atoms with Crippen molar-refractivity contribution in [2.45, 2.75) is 29.2 Å². The van der Waals surface area contributed by atoms with Gasteiger partial charge >= 0.3 is 0 Å². The third kappa shape index (κ3) is 2.89. The Balaban J connectivity index is 1.88. The molecule has 0 spiro atoms. The second-order valence-electron chi connectivity index (χ2n) is 5.16. The van der Waals surface area contributed by atoms with E-state index in [1.807, 2.05) is 30.3 Å². The van der Waals surface area contributed by atoms with E-state index in [0.29, 0.717) is 23.6 Å². The van der Waals surface area contributed by atoms with E-state index < -0.39 is 16.1 Å². The molecule has 3 rings (SSSR count). The highest BCUT2D eigenvalue weighted by atomic mass is 32.2. The number of thiophene rings is 1. The van der Waals surface area contributed by atoms with Crippen molar-refractivity contribution in [2.75, 3.05) is 6.54 Å². The Bertz CT molecular complexity index is 683. The fourth-order valence-corrected chi connectivity index (χ4v) is 5.51. The van der Waals surface area contributed by atoms with Gasteiger partial charge in [0, 0.05) is 6.54 Å². The van der Waals surface area contributed by atoms with Crippen molar-refractivity contribution in [3.05, 3.63) is 53.4 Å². The second kappa shape index (κ2) is 5.88. The molecule has 0 saturated carbocycles. The predicted molar refractivity (Wildman–Crippen MR) is 82.8 cm³/mol. The summed E-state index contributed by atoms with van der Waals surface area (Å²) in [6.07, 6.45) is 0.411. The molecule has 0 bridgehead atoms. The molecule has 1 aliphatic heterocycles. The summed E-state index contributed by atoms with van der Waals surface area (Å²) < 4.78 is 27.1. The highest BCUT2D eigenvalue weighted by Gasteiger charge is 2.41. The average molecular weight is 323 g/mol. The first-order chi connectivity index (χ1) is 10.1. The number of aliphatic hydroxyl groups is 1. The van der Waals surface area contributed by atoms with Gasteiger partial charge in [0.25, 0.3) is 10.0 Å². The summed E-state index contributed by atoms with van der Waals surface area (Å²) in [5, 5.41) is 11.9. The molecule has 0 radical (unpaired) electrons. The Labute approximate surface area is 128 Å². The number of nitrogens with zero attached hydrogens (tertiary/aromatic N) is 1. The van der Waals surface area contributed by atoms with Gasteiger partial charge in [-0.15, -0.1) is 11.3 Å². The van der Waals surface area contributed by atoms with Gasteiger partial charge in [-0.25, -0.2) is 8.42 Å². The number of hydrogen-bond acceptors (Lipinski definition) is 4. The van der Waals surface area contributed by atoms with Crippen molar-refractivity contribution in [3.63, 3.8) is 0 Å². The largest absolute Gasteiger partial charge is 0.391 e. The Hall–Kier alpha value is -1.21. The minimum atomic E-state index is -3.51. The van der Waals surface area contributed by atoms with Crippen LogP contribution in [0.4, 0.5) is 0 Å². The summed E-state index contributed by atoms with van der Waals surface area (Å²) in [6.45, 7) is 0.374. The molecule has 2 heterocycles. The molecule has 0 unspecified atom stereocenters. The van der Waals surface area contributed by atoms with Gasteiger partial charge in [0.05, 0.1) is 12.1 Å². The number of hydrogen-bond donors (Lipinski definition) is 1. The van der Waals surface area contributed by atoms with Crippen LogP contribution in [0.25, 0.3) is 0 Å². The van der Waals surface area contributed by atoms with E-state index in [1.165, 1.54) is 15.6 Å². The van der Waals surface area contributed by atoms with Gasteiger partial charge in [0.2, 0.25) is 0 Å². The molecule has 4 nitrogen and oxygen atoms in total. The van der Waals surface area contributed by atoms with Gasteiger partial charge in [-0.2, -0.15) is 4.31 Å². The number of aliphatic hydroxyl groups excluding tert-OH is 1. The molecule has 112 valence electrons. The molecule has 21 heavy (non-hydrogen) atoms. The van der Waals surface area contributed by atoms with E-state index in [0.717, 1.165) is 5.56 Å². The van der Waals surface area contributed by atoms with Crippen LogP contribution in [-0.2, 0) is 16.4 Å². The van der Waals surface area contributed by atoms with Crippen LogP contribution in [0, 0.1) is 0 Å². The van der Waals surface area contributed by atoms with Crippen LogP contribution in [0.5, 0.6) is 0 Å². The molecule has 0 amide bonds. The molecule has 1 fully saturated rings. The van der Waals surface area contributed by atoms with Crippen LogP contribution in [-0.4, -0.2) is 36.5 Å². The normalized spacial score (nSPS) is 23.5. The first-order valence-corrected chi connectivity index (χ1v) is 9.18. The fourth-order valence-electron chi connectivity index (χ4n) is 2.73. The molecular weight excluding hydrogens is 306 g/mol. The van der Waals surface area contributed by atoms with Crippen LogP contribution in [0.1, 0.15) is 12.0 Å². The van der Waals surface area contributed by atoms with Gasteiger partial charge in [0.1, 0.15) is 4.21 Å². The smallest absolute Gasteiger partial charge is 0.252 e. The van der Waals surface area contributed by atoms with Crippen molar-refractivity contribution in [2.24, 2.45) is 0 Å². The monoisotopic (exact) mass is 323 g/mol. The van der Waals surface area contributed by atoms with Gasteiger partial charge in [-0.3, -0.25) is 0 Å². The van der Waals surface area contributed by atoms with Gasteiger partial charge in [-0.1, -0.05) is 36.4 Å². The maximum Gasteiger partial charge on any atom is 0.252 e. The molecule has 1 aromatic heterocycles. The molecule has 6 heteroatoms. The molecule has 1 N–H and O–H groups in total. The lowest BCUT2D eigenvalue weighted by Crippen LogP contribution is -2.40. The lowest BCUT2D eigenvalue weighted by Gasteiger charge is -2.25. The van der Waals surface area contributed by atoms with Crippen molar-refractivity contribution >= 4 is 21.4 Å². The first-order valence-electron chi connectivity index (χ1n) is 6.86. The fraction of sp³-hybridized carbons (Fsp3) is 0.333. The van der Waals surface area contributed by atoms with Crippen LogP contribution in [0.3, 0.4) is 0 Å². The van der Waals surface area contributed by atoms with Crippen molar-refractivity contribution in [1.82, 2.24) is 4.31 Å². The molecule has 0 aliphatic carbocycles. The Morgan fingerprint density at radius 1 is 1.19 bits per heavy atom. The minimum absolute atomic E-state index is 0.342. The summed E-state index contributed by atoms with van der Waals surface area (Å²) in [4.78, 5) is 0. The van der Waals surface area contributed by atoms with E-state index in [9.17, 15) is 13.5 Å². The summed E-state index contributed by atoms with van der Waals surface area (Å²) in [6, 6.07) is 12.7. The van der Waals surface area contributed by atoms with E-state index in [4.69, 9.17) is 0 Å². The number of benzene rings is 1. The van der Waals surface area contributed by atoms with Crippen molar-refractivity contribution < 1.29 is 13.5 Å². The van der Waals surface area contributed by atoms with Crippen LogP contribution >= 0.6 is 11.3 Å². The first kappa shape index (κ1) is 14.7. The molecule has 2 aromatic rings. The lowest BCUT2D eigenvalue weighted by atomic mass is 10.0. The molecule has 1 aliphatic rings. The minimum Gasteiger partial charge on any atom is -0.391 e. The van der Waals surface area contributed by atoms with E-state index >= 15 is 0 Å². The molecule has 1 aromatic carbocycles. The van der Waals surface area contributed by atoms with Crippen molar-refractivity contribution in [3.8, 4) is 0 Å².